The number of nitrogens with zero attached hydrogens (tertiary/aromatic N) is 2. The van der Waals surface area contributed by atoms with Crippen molar-refractivity contribution < 1.29 is 48.7 Å². The van der Waals surface area contributed by atoms with Crippen molar-refractivity contribution >= 4 is 32.3 Å². The number of azo groups is 1. The van der Waals surface area contributed by atoms with Gasteiger partial charge in [-0.3, -0.25) is 4.55 Å². The molecule has 0 fully saturated rings. The molecule has 0 aliphatic heterocycles. The van der Waals surface area contributed by atoms with Crippen LogP contribution >= 0.6 is 0 Å². The standard InChI is InChI=1S/C17H14N2O4S.Na.H/c1-23-16-9-5-4-8-15(16)19-18-13-10-12-6-2-3-7-14(12)17(11-13)24(20,21)22;;/h2-11H,1H3,(H,20,21,22);;/q;+1;-1. The Morgan fingerprint density at radius 1 is 1.00 bits per heavy atom. The van der Waals surface area contributed by atoms with E-state index in [2.05, 4.69) is 10.2 Å². The second-order valence-corrected chi connectivity index (χ2v) is 6.40. The summed E-state index contributed by atoms with van der Waals surface area (Å²) in [7, 11) is -2.85. The van der Waals surface area contributed by atoms with Gasteiger partial charge >= 0.3 is 29.6 Å². The Balaban J connectivity index is 0.00000169. The summed E-state index contributed by atoms with van der Waals surface area (Å²) in [5.41, 5.74) is 0.828. The van der Waals surface area contributed by atoms with Gasteiger partial charge in [0.2, 0.25) is 0 Å². The molecule has 0 aliphatic carbocycles. The van der Waals surface area contributed by atoms with Crippen LogP contribution in [0, 0.1) is 0 Å². The summed E-state index contributed by atoms with van der Waals surface area (Å²) in [6.07, 6.45) is 0. The first-order chi connectivity index (χ1) is 11.5. The third-order valence-electron chi connectivity index (χ3n) is 3.44. The molecule has 25 heavy (non-hydrogen) atoms. The summed E-state index contributed by atoms with van der Waals surface area (Å²) in [5, 5.41) is 9.25. The van der Waals surface area contributed by atoms with Gasteiger partial charge in [0.1, 0.15) is 16.3 Å². The normalized spacial score (nSPS) is 11.4. The minimum Gasteiger partial charge on any atom is -1.00 e. The van der Waals surface area contributed by atoms with E-state index in [0.717, 1.165) is 0 Å². The van der Waals surface area contributed by atoms with Crippen molar-refractivity contribution in [1.29, 1.82) is 0 Å². The van der Waals surface area contributed by atoms with E-state index in [1.165, 1.54) is 13.2 Å². The van der Waals surface area contributed by atoms with E-state index in [1.807, 2.05) is 6.07 Å². The van der Waals surface area contributed by atoms with Crippen LogP contribution in [0.15, 0.2) is 75.8 Å². The Morgan fingerprint density at radius 3 is 2.40 bits per heavy atom. The number of ether oxygens (including phenoxy) is 1. The second-order valence-electron chi connectivity index (χ2n) is 5.01. The van der Waals surface area contributed by atoms with Crippen LogP contribution in [0.1, 0.15) is 1.43 Å². The van der Waals surface area contributed by atoms with Crippen LogP contribution in [-0.4, -0.2) is 20.1 Å². The van der Waals surface area contributed by atoms with E-state index < -0.39 is 10.1 Å². The van der Waals surface area contributed by atoms with Crippen molar-refractivity contribution in [1.82, 2.24) is 0 Å². The molecular formula is C17H15N2NaO4S. The summed E-state index contributed by atoms with van der Waals surface area (Å²) < 4.78 is 37.9. The maximum Gasteiger partial charge on any atom is 1.00 e. The van der Waals surface area contributed by atoms with Crippen molar-refractivity contribution in [3.05, 3.63) is 60.7 Å². The zero-order valence-electron chi connectivity index (χ0n) is 14.7. The smallest absolute Gasteiger partial charge is 1.00 e. The van der Waals surface area contributed by atoms with Crippen LogP contribution < -0.4 is 34.3 Å². The summed E-state index contributed by atoms with van der Waals surface area (Å²) >= 11 is 0. The molecule has 0 amide bonds. The minimum atomic E-state index is -4.37. The zero-order chi connectivity index (χ0) is 17.2. The zero-order valence-corrected chi connectivity index (χ0v) is 16.6. The molecule has 0 atom stereocenters. The van der Waals surface area contributed by atoms with E-state index >= 15 is 0 Å². The minimum absolute atomic E-state index is 0. The topological polar surface area (TPSA) is 88.3 Å². The fraction of sp³-hybridized carbons (Fsp3) is 0.0588. The van der Waals surface area contributed by atoms with Gasteiger partial charge in [-0.05, 0) is 29.7 Å². The fourth-order valence-corrected chi connectivity index (χ4v) is 3.09. The summed E-state index contributed by atoms with van der Waals surface area (Å²) in [5.74, 6) is 0.553. The van der Waals surface area contributed by atoms with Gasteiger partial charge in [-0.1, -0.05) is 36.4 Å². The second kappa shape index (κ2) is 8.07. The third kappa shape index (κ3) is 4.45. The van der Waals surface area contributed by atoms with Gasteiger partial charge in [-0.2, -0.15) is 13.5 Å². The van der Waals surface area contributed by atoms with E-state index in [0.29, 0.717) is 27.9 Å². The largest absolute Gasteiger partial charge is 1.00 e. The number of benzene rings is 3. The summed E-state index contributed by atoms with van der Waals surface area (Å²) in [6, 6.07) is 16.9. The Hall–Kier alpha value is -1.77. The Kier molecular flexibility index (Phi) is 6.31. The van der Waals surface area contributed by atoms with E-state index in [-0.39, 0.29) is 35.9 Å². The third-order valence-corrected chi connectivity index (χ3v) is 4.34. The molecule has 3 aromatic carbocycles. The molecule has 8 heteroatoms. The van der Waals surface area contributed by atoms with Crippen molar-refractivity contribution in [2.75, 3.05) is 7.11 Å². The van der Waals surface area contributed by atoms with Crippen LogP contribution in [0.25, 0.3) is 10.8 Å². The van der Waals surface area contributed by atoms with Crippen molar-refractivity contribution in [3.63, 3.8) is 0 Å². The van der Waals surface area contributed by atoms with Gasteiger partial charge in [0.05, 0.1) is 12.8 Å². The fourth-order valence-electron chi connectivity index (χ4n) is 2.36. The number of para-hydroxylation sites is 1. The molecule has 0 aromatic heterocycles. The van der Waals surface area contributed by atoms with Crippen LogP contribution in [0.2, 0.25) is 0 Å². The molecule has 0 unspecified atom stereocenters. The molecule has 3 aromatic rings. The molecule has 6 nitrogen and oxygen atoms in total. The predicted octanol–water partition coefficient (Wildman–Crippen LogP) is 1.63. The quantitative estimate of drug-likeness (QED) is 0.432. The number of methoxy groups -OCH3 is 1. The van der Waals surface area contributed by atoms with Crippen LogP contribution in [0.5, 0.6) is 5.75 Å². The Morgan fingerprint density at radius 2 is 1.68 bits per heavy atom. The number of fused-ring (bicyclic) bond motifs is 1. The Labute approximate surface area is 169 Å². The van der Waals surface area contributed by atoms with Gasteiger partial charge < -0.3 is 6.16 Å². The van der Waals surface area contributed by atoms with E-state index in [1.54, 1.807) is 48.5 Å². The van der Waals surface area contributed by atoms with Crippen LogP contribution in [0.3, 0.4) is 0 Å². The van der Waals surface area contributed by atoms with Crippen molar-refractivity contribution in [2.45, 2.75) is 4.90 Å². The van der Waals surface area contributed by atoms with Gasteiger partial charge in [0, 0.05) is 5.39 Å². The van der Waals surface area contributed by atoms with Gasteiger partial charge in [0.15, 0.2) is 0 Å². The summed E-state index contributed by atoms with van der Waals surface area (Å²) in [6.45, 7) is 0. The van der Waals surface area contributed by atoms with Crippen LogP contribution in [0.4, 0.5) is 11.4 Å². The molecule has 124 valence electrons. The van der Waals surface area contributed by atoms with Crippen molar-refractivity contribution in [3.8, 4) is 5.75 Å². The maximum absolute atomic E-state index is 11.6. The molecule has 0 saturated carbocycles. The molecule has 0 aliphatic rings. The van der Waals surface area contributed by atoms with Crippen LogP contribution in [-0.2, 0) is 10.1 Å². The summed E-state index contributed by atoms with van der Waals surface area (Å²) in [4.78, 5) is -0.199. The molecule has 1 N–H and O–H groups in total. The molecule has 0 radical (unpaired) electrons. The number of rotatable bonds is 4. The van der Waals surface area contributed by atoms with Gasteiger partial charge in [0.25, 0.3) is 10.1 Å². The molecule has 0 saturated heterocycles. The first-order valence-electron chi connectivity index (χ1n) is 7.04. The van der Waals surface area contributed by atoms with Gasteiger partial charge in [-0.25, -0.2) is 0 Å². The Bertz CT molecular complexity index is 1040. The van der Waals surface area contributed by atoms with Crippen molar-refractivity contribution in [2.24, 2.45) is 10.2 Å². The SMILES string of the molecule is COc1ccccc1N=Nc1cc(S(=O)(=O)O)c2ccccc2c1.[H-].[Na+]. The molecule has 0 spiro atoms. The average molecular weight is 366 g/mol. The van der Waals surface area contributed by atoms with E-state index in [9.17, 15) is 13.0 Å². The average Bonchev–Trinajstić information content (AvgIpc) is 2.58. The molecular weight excluding hydrogens is 351 g/mol. The van der Waals surface area contributed by atoms with E-state index in [4.69, 9.17) is 4.74 Å². The maximum atomic E-state index is 11.6. The first-order valence-corrected chi connectivity index (χ1v) is 8.48. The number of hydrogen-bond donors (Lipinski definition) is 1. The molecule has 0 bridgehead atoms. The van der Waals surface area contributed by atoms with Gasteiger partial charge in [-0.15, -0.1) is 5.11 Å². The monoisotopic (exact) mass is 366 g/mol. The molecule has 3 rings (SSSR count). The predicted molar refractivity (Wildman–Crippen MR) is 92.0 cm³/mol. The first kappa shape index (κ1) is 19.6. The molecule has 0 heterocycles. The number of hydrogen-bond acceptors (Lipinski definition) is 5.